The van der Waals surface area contributed by atoms with Crippen molar-refractivity contribution in [3.63, 3.8) is 0 Å². The number of fused-ring (bicyclic) bond motifs is 1. The fourth-order valence-electron chi connectivity index (χ4n) is 3.40. The van der Waals surface area contributed by atoms with E-state index in [0.717, 1.165) is 39.3 Å². The van der Waals surface area contributed by atoms with E-state index in [0.29, 0.717) is 6.54 Å². The van der Waals surface area contributed by atoms with Crippen LogP contribution in [0, 0.1) is 0 Å². The summed E-state index contributed by atoms with van der Waals surface area (Å²) < 4.78 is 13.1. The molecule has 0 aliphatic heterocycles. The minimum Gasteiger partial charge on any atom is -0.497 e. The second-order valence-corrected chi connectivity index (χ2v) is 6.79. The Labute approximate surface area is 168 Å². The molecule has 5 heteroatoms. The molecule has 4 aromatic rings. The van der Waals surface area contributed by atoms with E-state index in [1.54, 1.807) is 7.11 Å². The summed E-state index contributed by atoms with van der Waals surface area (Å²) in [7, 11) is 1.63. The lowest BCUT2D eigenvalue weighted by Gasteiger charge is -2.09. The standard InChI is InChI=1S/C24H21NO4/c1-28-19-10-12-21(13-11-19)29-20-8-6-17(7-9-20)15-25-16-18(14-24(26)27)22-4-2-3-5-23(22)25/h2-13,16H,14-15H2,1H3,(H,26,27). The zero-order valence-electron chi connectivity index (χ0n) is 16.0. The quantitative estimate of drug-likeness (QED) is 0.478. The normalized spacial score (nSPS) is 10.8. The Morgan fingerprint density at radius 2 is 1.52 bits per heavy atom. The highest BCUT2D eigenvalue weighted by molar-refractivity contribution is 5.87. The van der Waals surface area contributed by atoms with E-state index < -0.39 is 5.97 Å². The zero-order chi connectivity index (χ0) is 20.2. The van der Waals surface area contributed by atoms with Crippen molar-refractivity contribution in [3.05, 3.63) is 90.1 Å². The van der Waals surface area contributed by atoms with Gasteiger partial charge in [0.05, 0.1) is 13.5 Å². The Morgan fingerprint density at radius 1 is 0.897 bits per heavy atom. The van der Waals surface area contributed by atoms with Crippen LogP contribution < -0.4 is 9.47 Å². The molecule has 4 rings (SSSR count). The van der Waals surface area contributed by atoms with Crippen molar-refractivity contribution in [2.45, 2.75) is 13.0 Å². The van der Waals surface area contributed by atoms with Crippen LogP contribution in [0.15, 0.2) is 79.0 Å². The van der Waals surface area contributed by atoms with Crippen molar-refractivity contribution >= 4 is 16.9 Å². The van der Waals surface area contributed by atoms with Crippen LogP contribution in [-0.4, -0.2) is 22.8 Å². The number of carboxylic acid groups (broad SMARTS) is 1. The average Bonchev–Trinajstić information content (AvgIpc) is 3.07. The number of methoxy groups -OCH3 is 1. The molecule has 0 bridgehead atoms. The first kappa shape index (κ1) is 18.6. The first-order chi connectivity index (χ1) is 14.1. The first-order valence-corrected chi connectivity index (χ1v) is 9.32. The molecular weight excluding hydrogens is 366 g/mol. The monoisotopic (exact) mass is 387 g/mol. The smallest absolute Gasteiger partial charge is 0.307 e. The molecule has 0 aliphatic rings. The van der Waals surface area contributed by atoms with Crippen molar-refractivity contribution in [2.24, 2.45) is 0 Å². The van der Waals surface area contributed by atoms with Crippen molar-refractivity contribution in [2.75, 3.05) is 7.11 Å². The number of nitrogens with zero attached hydrogens (tertiary/aromatic N) is 1. The van der Waals surface area contributed by atoms with Gasteiger partial charge in [-0.1, -0.05) is 30.3 Å². The van der Waals surface area contributed by atoms with Gasteiger partial charge in [-0.3, -0.25) is 4.79 Å². The summed E-state index contributed by atoms with van der Waals surface area (Å²) in [5, 5.41) is 10.2. The van der Waals surface area contributed by atoms with E-state index in [9.17, 15) is 9.90 Å². The average molecular weight is 387 g/mol. The van der Waals surface area contributed by atoms with Crippen LogP contribution in [0.1, 0.15) is 11.1 Å². The molecule has 0 atom stereocenters. The lowest BCUT2D eigenvalue weighted by molar-refractivity contribution is -0.136. The van der Waals surface area contributed by atoms with E-state index in [-0.39, 0.29) is 6.42 Å². The van der Waals surface area contributed by atoms with Gasteiger partial charge in [0.2, 0.25) is 0 Å². The first-order valence-electron chi connectivity index (χ1n) is 9.32. The molecule has 0 aliphatic carbocycles. The van der Waals surface area contributed by atoms with Gasteiger partial charge in [0.1, 0.15) is 17.2 Å². The van der Waals surface area contributed by atoms with E-state index in [1.165, 1.54) is 0 Å². The van der Waals surface area contributed by atoms with Gasteiger partial charge in [-0.2, -0.15) is 0 Å². The number of ether oxygens (including phenoxy) is 2. The summed E-state index contributed by atoms with van der Waals surface area (Å²) in [5.74, 6) is 1.46. The number of carbonyl (C=O) groups is 1. The summed E-state index contributed by atoms with van der Waals surface area (Å²) >= 11 is 0. The van der Waals surface area contributed by atoms with Gasteiger partial charge in [-0.25, -0.2) is 0 Å². The summed E-state index contributed by atoms with van der Waals surface area (Å²) in [6.45, 7) is 0.656. The molecular formula is C24H21NO4. The molecule has 1 heterocycles. The van der Waals surface area contributed by atoms with Crippen molar-refractivity contribution in [1.82, 2.24) is 4.57 Å². The van der Waals surface area contributed by atoms with E-state index in [2.05, 4.69) is 4.57 Å². The molecule has 1 N–H and O–H groups in total. The maximum absolute atomic E-state index is 11.2. The molecule has 3 aromatic carbocycles. The maximum Gasteiger partial charge on any atom is 0.307 e. The molecule has 0 amide bonds. The number of carboxylic acids is 1. The number of aromatic nitrogens is 1. The van der Waals surface area contributed by atoms with Gasteiger partial charge in [0.15, 0.2) is 0 Å². The van der Waals surface area contributed by atoms with Crippen LogP contribution in [0.4, 0.5) is 0 Å². The molecule has 29 heavy (non-hydrogen) atoms. The van der Waals surface area contributed by atoms with Gasteiger partial charge in [-0.05, 0) is 53.6 Å². The number of hydrogen-bond donors (Lipinski definition) is 1. The van der Waals surface area contributed by atoms with Crippen LogP contribution in [0.25, 0.3) is 10.9 Å². The highest BCUT2D eigenvalue weighted by Gasteiger charge is 2.11. The number of aliphatic carboxylic acids is 1. The van der Waals surface area contributed by atoms with Gasteiger partial charge in [0.25, 0.3) is 0 Å². The highest BCUT2D eigenvalue weighted by atomic mass is 16.5. The van der Waals surface area contributed by atoms with Gasteiger partial charge < -0.3 is 19.1 Å². The molecule has 0 fully saturated rings. The predicted octanol–water partition coefficient (Wildman–Crippen LogP) is 5.12. The second kappa shape index (κ2) is 8.10. The summed E-state index contributed by atoms with van der Waals surface area (Å²) in [4.78, 5) is 11.2. The van der Waals surface area contributed by atoms with Crippen LogP contribution in [0.3, 0.4) is 0 Å². The SMILES string of the molecule is COc1ccc(Oc2ccc(Cn3cc(CC(=O)O)c4ccccc43)cc2)cc1. The van der Waals surface area contributed by atoms with Gasteiger partial charge in [0, 0.05) is 23.6 Å². The zero-order valence-corrected chi connectivity index (χ0v) is 16.0. The number of hydrogen-bond acceptors (Lipinski definition) is 3. The Balaban J connectivity index is 1.52. The van der Waals surface area contributed by atoms with Crippen LogP contribution in [0.5, 0.6) is 17.2 Å². The predicted molar refractivity (Wildman–Crippen MR) is 112 cm³/mol. The minimum atomic E-state index is -0.826. The van der Waals surface area contributed by atoms with E-state index in [4.69, 9.17) is 9.47 Å². The third-order valence-electron chi connectivity index (χ3n) is 4.78. The lowest BCUT2D eigenvalue weighted by atomic mass is 10.1. The van der Waals surface area contributed by atoms with Crippen molar-refractivity contribution < 1.29 is 19.4 Å². The third kappa shape index (κ3) is 4.24. The largest absolute Gasteiger partial charge is 0.497 e. The highest BCUT2D eigenvalue weighted by Crippen LogP contribution is 2.26. The van der Waals surface area contributed by atoms with E-state index >= 15 is 0 Å². The summed E-state index contributed by atoms with van der Waals surface area (Å²) in [5.41, 5.74) is 2.96. The van der Waals surface area contributed by atoms with Crippen molar-refractivity contribution in [1.29, 1.82) is 0 Å². The molecule has 0 saturated carbocycles. The Hall–Kier alpha value is -3.73. The minimum absolute atomic E-state index is 0.0160. The topological polar surface area (TPSA) is 60.7 Å². The Bertz CT molecular complexity index is 1130. The second-order valence-electron chi connectivity index (χ2n) is 6.79. The molecule has 5 nitrogen and oxygen atoms in total. The number of para-hydroxylation sites is 1. The lowest BCUT2D eigenvalue weighted by Crippen LogP contribution is -2.00. The fraction of sp³-hybridized carbons (Fsp3) is 0.125. The summed E-state index contributed by atoms with van der Waals surface area (Å²) in [6, 6.07) is 23.2. The number of benzene rings is 3. The number of rotatable bonds is 7. The maximum atomic E-state index is 11.2. The van der Waals surface area contributed by atoms with Gasteiger partial charge >= 0.3 is 5.97 Å². The summed E-state index contributed by atoms with van der Waals surface area (Å²) in [6.07, 6.45) is 1.95. The Kier molecular flexibility index (Phi) is 5.20. The van der Waals surface area contributed by atoms with Crippen LogP contribution in [-0.2, 0) is 17.8 Å². The fourth-order valence-corrected chi connectivity index (χ4v) is 3.40. The van der Waals surface area contributed by atoms with Gasteiger partial charge in [-0.15, -0.1) is 0 Å². The molecule has 1 aromatic heterocycles. The Morgan fingerprint density at radius 3 is 2.17 bits per heavy atom. The van der Waals surface area contributed by atoms with Crippen molar-refractivity contribution in [3.8, 4) is 17.2 Å². The molecule has 0 unspecified atom stereocenters. The molecule has 0 saturated heterocycles. The van der Waals surface area contributed by atoms with E-state index in [1.807, 2.05) is 79.0 Å². The third-order valence-corrected chi connectivity index (χ3v) is 4.78. The molecule has 0 radical (unpaired) electrons. The molecule has 0 spiro atoms. The van der Waals surface area contributed by atoms with Crippen LogP contribution >= 0.6 is 0 Å². The molecule has 146 valence electrons. The van der Waals surface area contributed by atoms with Crippen LogP contribution in [0.2, 0.25) is 0 Å².